The van der Waals surface area contributed by atoms with E-state index in [1.807, 2.05) is 0 Å². The molecule has 0 aliphatic carbocycles. The number of carbonyl (C=O) groups excluding carboxylic acids is 2. The monoisotopic (exact) mass is 296 g/mol. The normalized spacial score (nSPS) is 11.5. The number of methoxy groups -OCH3 is 1. The molecule has 1 amide bonds. The van der Waals surface area contributed by atoms with Crippen LogP contribution >= 0.6 is 0 Å². The van der Waals surface area contributed by atoms with Crippen LogP contribution in [0.4, 0.5) is 5.95 Å². The van der Waals surface area contributed by atoms with Gasteiger partial charge in [0.05, 0.1) is 13.0 Å². The number of amides is 1. The predicted molar refractivity (Wildman–Crippen MR) is 75.6 cm³/mol. The fourth-order valence-electron chi connectivity index (χ4n) is 1.49. The Bertz CT molecular complexity index is 441. The van der Waals surface area contributed by atoms with Gasteiger partial charge in [0.1, 0.15) is 0 Å². The average Bonchev–Trinajstić information content (AvgIpc) is 2.46. The molecule has 1 aromatic rings. The largest absolute Gasteiger partial charge is 0.456 e. The molecular formula is C13H20N4O4. The molecule has 8 nitrogen and oxygen atoms in total. The summed E-state index contributed by atoms with van der Waals surface area (Å²) in [6.45, 7) is 2.24. The van der Waals surface area contributed by atoms with Crippen molar-refractivity contribution in [3.05, 3.63) is 18.5 Å². The number of aromatic nitrogens is 2. The summed E-state index contributed by atoms with van der Waals surface area (Å²) in [7, 11) is 1.55. The Labute approximate surface area is 123 Å². The molecule has 0 saturated heterocycles. The fourth-order valence-corrected chi connectivity index (χ4v) is 1.49. The molecule has 0 aliphatic rings. The number of hydrogen-bond donors (Lipinski definition) is 2. The molecule has 2 N–H and O–H groups in total. The average molecular weight is 296 g/mol. The highest BCUT2D eigenvalue weighted by atomic mass is 16.5. The minimum absolute atomic E-state index is 0.124. The second kappa shape index (κ2) is 9.65. The van der Waals surface area contributed by atoms with E-state index in [0.717, 1.165) is 0 Å². The summed E-state index contributed by atoms with van der Waals surface area (Å²) in [5.74, 6) is -0.378. The summed E-state index contributed by atoms with van der Waals surface area (Å²) in [6.07, 6.45) is 3.32. The number of hydrogen-bond acceptors (Lipinski definition) is 7. The van der Waals surface area contributed by atoms with Crippen molar-refractivity contribution >= 4 is 17.8 Å². The first kappa shape index (κ1) is 16.8. The summed E-state index contributed by atoms with van der Waals surface area (Å²) in [6, 6.07) is 1.57. The Morgan fingerprint density at radius 1 is 1.33 bits per heavy atom. The van der Waals surface area contributed by atoms with Gasteiger partial charge in [-0.3, -0.25) is 9.59 Å². The van der Waals surface area contributed by atoms with E-state index in [0.29, 0.717) is 19.1 Å². The van der Waals surface area contributed by atoms with Gasteiger partial charge in [-0.2, -0.15) is 0 Å². The van der Waals surface area contributed by atoms with Gasteiger partial charge in [0.2, 0.25) is 5.95 Å². The lowest BCUT2D eigenvalue weighted by Gasteiger charge is -2.12. The summed E-state index contributed by atoms with van der Waals surface area (Å²) >= 11 is 0. The molecule has 1 unspecified atom stereocenters. The van der Waals surface area contributed by atoms with Crippen molar-refractivity contribution in [3.63, 3.8) is 0 Å². The number of carbonyl (C=O) groups is 2. The Morgan fingerprint density at radius 3 is 2.71 bits per heavy atom. The minimum atomic E-state index is -0.465. The topological polar surface area (TPSA) is 102 Å². The van der Waals surface area contributed by atoms with Crippen LogP contribution in [0, 0.1) is 0 Å². The molecule has 0 aromatic carbocycles. The number of esters is 1. The first-order valence-electron chi connectivity index (χ1n) is 6.56. The maximum absolute atomic E-state index is 11.4. The van der Waals surface area contributed by atoms with E-state index in [9.17, 15) is 9.59 Å². The van der Waals surface area contributed by atoms with Gasteiger partial charge in [-0.25, -0.2) is 9.97 Å². The third kappa shape index (κ3) is 7.83. The Balaban J connectivity index is 2.12. The van der Waals surface area contributed by atoms with Crippen LogP contribution in [0.3, 0.4) is 0 Å². The molecule has 0 saturated carbocycles. The molecule has 1 heterocycles. The third-order valence-electron chi connectivity index (χ3n) is 2.37. The van der Waals surface area contributed by atoms with Crippen molar-refractivity contribution < 1.29 is 19.1 Å². The standard InChI is InChI=1S/C13H20N4O4/c1-10(8-20-2)17-11(18)9-21-12(19)4-7-16-13-14-5-3-6-15-13/h3,5-6,10H,4,7-9H2,1-2H3,(H,17,18)(H,14,15,16). The molecule has 0 bridgehead atoms. The van der Waals surface area contributed by atoms with E-state index in [4.69, 9.17) is 9.47 Å². The highest BCUT2D eigenvalue weighted by molar-refractivity contribution is 5.80. The van der Waals surface area contributed by atoms with Crippen molar-refractivity contribution in [1.82, 2.24) is 15.3 Å². The summed E-state index contributed by atoms with van der Waals surface area (Å²) in [4.78, 5) is 30.8. The maximum atomic E-state index is 11.4. The number of rotatable bonds is 9. The van der Waals surface area contributed by atoms with Gasteiger partial charge in [-0.05, 0) is 13.0 Å². The fraction of sp³-hybridized carbons (Fsp3) is 0.538. The van der Waals surface area contributed by atoms with E-state index in [1.165, 1.54) is 0 Å². The van der Waals surface area contributed by atoms with Crippen molar-refractivity contribution in [2.45, 2.75) is 19.4 Å². The molecule has 0 spiro atoms. The zero-order valence-corrected chi connectivity index (χ0v) is 12.2. The highest BCUT2D eigenvalue weighted by Crippen LogP contribution is 1.95. The second-order valence-electron chi connectivity index (χ2n) is 4.33. The Morgan fingerprint density at radius 2 is 2.05 bits per heavy atom. The van der Waals surface area contributed by atoms with Crippen molar-refractivity contribution in [1.29, 1.82) is 0 Å². The van der Waals surface area contributed by atoms with Crippen LogP contribution in [0.2, 0.25) is 0 Å². The first-order chi connectivity index (χ1) is 10.1. The molecule has 0 fully saturated rings. The number of ether oxygens (including phenoxy) is 2. The number of nitrogens with zero attached hydrogens (tertiary/aromatic N) is 2. The van der Waals surface area contributed by atoms with Crippen LogP contribution < -0.4 is 10.6 Å². The SMILES string of the molecule is COCC(C)NC(=O)COC(=O)CCNc1ncccn1. The molecule has 21 heavy (non-hydrogen) atoms. The molecule has 1 aromatic heterocycles. The summed E-state index contributed by atoms with van der Waals surface area (Å²) in [5.41, 5.74) is 0. The molecule has 8 heteroatoms. The van der Waals surface area contributed by atoms with Crippen molar-refractivity contribution in [2.75, 3.05) is 32.2 Å². The third-order valence-corrected chi connectivity index (χ3v) is 2.37. The van der Waals surface area contributed by atoms with Gasteiger partial charge in [0, 0.05) is 32.1 Å². The van der Waals surface area contributed by atoms with E-state index < -0.39 is 5.97 Å². The lowest BCUT2D eigenvalue weighted by atomic mass is 10.3. The zero-order chi connectivity index (χ0) is 15.5. The summed E-state index contributed by atoms with van der Waals surface area (Å²) < 4.78 is 9.73. The van der Waals surface area contributed by atoms with Gasteiger partial charge in [-0.15, -0.1) is 0 Å². The molecule has 1 atom stereocenters. The molecule has 0 aliphatic heterocycles. The van der Waals surface area contributed by atoms with Crippen molar-refractivity contribution in [3.8, 4) is 0 Å². The highest BCUT2D eigenvalue weighted by Gasteiger charge is 2.10. The number of nitrogens with one attached hydrogen (secondary N) is 2. The van der Waals surface area contributed by atoms with E-state index in [1.54, 1.807) is 32.5 Å². The quantitative estimate of drug-likeness (QED) is 0.617. The molecule has 0 radical (unpaired) electrons. The van der Waals surface area contributed by atoms with Gasteiger partial charge in [-0.1, -0.05) is 0 Å². The summed E-state index contributed by atoms with van der Waals surface area (Å²) in [5, 5.41) is 5.51. The lowest BCUT2D eigenvalue weighted by molar-refractivity contribution is -0.148. The van der Waals surface area contributed by atoms with Gasteiger partial charge >= 0.3 is 5.97 Å². The Hall–Kier alpha value is -2.22. The molecule has 1 rings (SSSR count). The van der Waals surface area contributed by atoms with E-state index in [-0.39, 0.29) is 25.0 Å². The van der Waals surface area contributed by atoms with E-state index >= 15 is 0 Å². The van der Waals surface area contributed by atoms with Crippen molar-refractivity contribution in [2.24, 2.45) is 0 Å². The van der Waals surface area contributed by atoms with Gasteiger partial charge in [0.15, 0.2) is 6.61 Å². The van der Waals surface area contributed by atoms with Crippen LogP contribution in [0.1, 0.15) is 13.3 Å². The number of anilines is 1. The van der Waals surface area contributed by atoms with Crippen LogP contribution in [-0.4, -0.2) is 54.8 Å². The predicted octanol–water partition coefficient (Wildman–Crippen LogP) is -0.0271. The van der Waals surface area contributed by atoms with Crippen LogP contribution in [-0.2, 0) is 19.1 Å². The molecule has 116 valence electrons. The maximum Gasteiger partial charge on any atom is 0.308 e. The minimum Gasteiger partial charge on any atom is -0.456 e. The molecular weight excluding hydrogens is 276 g/mol. The van der Waals surface area contributed by atoms with Gasteiger partial charge in [0.25, 0.3) is 5.91 Å². The first-order valence-corrected chi connectivity index (χ1v) is 6.56. The zero-order valence-electron chi connectivity index (χ0n) is 12.2. The lowest BCUT2D eigenvalue weighted by Crippen LogP contribution is -2.38. The van der Waals surface area contributed by atoms with Crippen LogP contribution in [0.5, 0.6) is 0 Å². The smallest absolute Gasteiger partial charge is 0.308 e. The van der Waals surface area contributed by atoms with Crippen LogP contribution in [0.15, 0.2) is 18.5 Å². The second-order valence-corrected chi connectivity index (χ2v) is 4.33. The van der Waals surface area contributed by atoms with E-state index in [2.05, 4.69) is 20.6 Å². The Kier molecular flexibility index (Phi) is 7.73. The van der Waals surface area contributed by atoms with Crippen LogP contribution in [0.25, 0.3) is 0 Å². The van der Waals surface area contributed by atoms with Gasteiger partial charge < -0.3 is 20.1 Å².